The highest BCUT2D eigenvalue weighted by Crippen LogP contribution is 1.99. The minimum atomic E-state index is -0.445. The van der Waals surface area contributed by atoms with E-state index in [0.717, 1.165) is 5.56 Å². The lowest BCUT2D eigenvalue weighted by Crippen LogP contribution is -2.21. The van der Waals surface area contributed by atoms with Crippen LogP contribution in [0.3, 0.4) is 0 Å². The second-order valence-corrected chi connectivity index (χ2v) is 2.45. The van der Waals surface area contributed by atoms with Crippen molar-refractivity contribution in [3.05, 3.63) is 30.1 Å². The fourth-order valence-corrected chi connectivity index (χ4v) is 0.874. The van der Waals surface area contributed by atoms with Gasteiger partial charge in [0, 0.05) is 25.4 Å². The summed E-state index contributed by atoms with van der Waals surface area (Å²) in [6.45, 7) is 0.300. The summed E-state index contributed by atoms with van der Waals surface area (Å²) in [5.41, 5.74) is 6.27. The number of hydrogen-bond donors (Lipinski definition) is 2. The van der Waals surface area contributed by atoms with Gasteiger partial charge in [0.15, 0.2) is 0 Å². The van der Waals surface area contributed by atoms with Gasteiger partial charge in [-0.05, 0) is 11.6 Å². The zero-order valence-electron chi connectivity index (χ0n) is 6.27. The van der Waals surface area contributed by atoms with Crippen LogP contribution < -0.4 is 5.73 Å². The van der Waals surface area contributed by atoms with Crippen LogP contribution in [0, 0.1) is 0 Å². The summed E-state index contributed by atoms with van der Waals surface area (Å²) in [7, 11) is 0. The number of aliphatic hydroxyl groups is 1. The lowest BCUT2D eigenvalue weighted by Gasteiger charge is -2.05. The van der Waals surface area contributed by atoms with Gasteiger partial charge >= 0.3 is 0 Å². The van der Waals surface area contributed by atoms with Crippen LogP contribution in [-0.4, -0.2) is 22.7 Å². The molecule has 1 atom stereocenters. The standard InChI is InChI=1S/C8H12N2O/c9-5-8(11)4-7-2-1-3-10-6-7/h1-3,6,8,11H,4-5,9H2/t8-/m0/s1. The zero-order chi connectivity index (χ0) is 8.10. The molecule has 0 aliphatic carbocycles. The highest BCUT2D eigenvalue weighted by atomic mass is 16.3. The Kier molecular flexibility index (Phi) is 3.01. The van der Waals surface area contributed by atoms with Gasteiger partial charge in [-0.1, -0.05) is 6.07 Å². The van der Waals surface area contributed by atoms with Gasteiger partial charge in [-0.2, -0.15) is 0 Å². The Morgan fingerprint density at radius 2 is 2.45 bits per heavy atom. The van der Waals surface area contributed by atoms with E-state index in [1.54, 1.807) is 12.4 Å². The maximum atomic E-state index is 9.16. The van der Waals surface area contributed by atoms with Crippen molar-refractivity contribution in [2.75, 3.05) is 6.54 Å². The van der Waals surface area contributed by atoms with Crippen LogP contribution in [0.5, 0.6) is 0 Å². The first-order valence-corrected chi connectivity index (χ1v) is 3.60. The van der Waals surface area contributed by atoms with Crippen LogP contribution in [0.2, 0.25) is 0 Å². The molecule has 0 aliphatic heterocycles. The molecule has 0 spiro atoms. The molecule has 0 unspecified atom stereocenters. The van der Waals surface area contributed by atoms with Crippen LogP contribution in [0.4, 0.5) is 0 Å². The maximum Gasteiger partial charge on any atom is 0.0703 e. The van der Waals surface area contributed by atoms with E-state index < -0.39 is 6.10 Å². The second kappa shape index (κ2) is 4.05. The molecule has 1 aromatic rings. The largest absolute Gasteiger partial charge is 0.391 e. The molecular formula is C8H12N2O. The third kappa shape index (κ3) is 2.65. The molecule has 0 bridgehead atoms. The third-order valence-corrected chi connectivity index (χ3v) is 1.47. The monoisotopic (exact) mass is 152 g/mol. The Morgan fingerprint density at radius 3 is 3.00 bits per heavy atom. The highest BCUT2D eigenvalue weighted by Gasteiger charge is 2.01. The van der Waals surface area contributed by atoms with Crippen LogP contribution in [0.15, 0.2) is 24.5 Å². The SMILES string of the molecule is NC[C@@H](O)Cc1cccnc1. The van der Waals surface area contributed by atoms with E-state index in [-0.39, 0.29) is 0 Å². The van der Waals surface area contributed by atoms with E-state index in [9.17, 15) is 0 Å². The molecule has 11 heavy (non-hydrogen) atoms. The van der Waals surface area contributed by atoms with E-state index in [4.69, 9.17) is 10.8 Å². The van der Waals surface area contributed by atoms with Gasteiger partial charge in [0.2, 0.25) is 0 Å². The van der Waals surface area contributed by atoms with Crippen molar-refractivity contribution in [1.29, 1.82) is 0 Å². The number of pyridine rings is 1. The zero-order valence-corrected chi connectivity index (χ0v) is 6.27. The molecule has 1 aromatic heterocycles. The molecule has 0 aromatic carbocycles. The smallest absolute Gasteiger partial charge is 0.0703 e. The minimum Gasteiger partial charge on any atom is -0.391 e. The van der Waals surface area contributed by atoms with Gasteiger partial charge in [-0.3, -0.25) is 4.98 Å². The number of rotatable bonds is 3. The molecule has 3 heteroatoms. The van der Waals surface area contributed by atoms with Crippen molar-refractivity contribution in [2.45, 2.75) is 12.5 Å². The van der Waals surface area contributed by atoms with E-state index in [2.05, 4.69) is 4.98 Å². The van der Waals surface area contributed by atoms with Gasteiger partial charge in [0.25, 0.3) is 0 Å². The van der Waals surface area contributed by atoms with Crippen LogP contribution >= 0.6 is 0 Å². The molecule has 60 valence electrons. The summed E-state index contributed by atoms with van der Waals surface area (Å²) in [6.07, 6.45) is 3.58. The summed E-state index contributed by atoms with van der Waals surface area (Å²) in [4.78, 5) is 3.92. The lowest BCUT2D eigenvalue weighted by molar-refractivity contribution is 0.183. The van der Waals surface area contributed by atoms with Gasteiger partial charge in [-0.25, -0.2) is 0 Å². The van der Waals surface area contributed by atoms with Gasteiger partial charge in [0.1, 0.15) is 0 Å². The van der Waals surface area contributed by atoms with E-state index in [1.807, 2.05) is 12.1 Å². The number of nitrogens with two attached hydrogens (primary N) is 1. The topological polar surface area (TPSA) is 59.1 Å². The summed E-state index contributed by atoms with van der Waals surface area (Å²) in [6, 6.07) is 3.77. The van der Waals surface area contributed by atoms with E-state index >= 15 is 0 Å². The maximum absolute atomic E-state index is 9.16. The van der Waals surface area contributed by atoms with Crippen LogP contribution in [0.1, 0.15) is 5.56 Å². The van der Waals surface area contributed by atoms with Gasteiger partial charge in [0.05, 0.1) is 6.10 Å². The van der Waals surface area contributed by atoms with Gasteiger partial charge in [-0.15, -0.1) is 0 Å². The Hall–Kier alpha value is -0.930. The average molecular weight is 152 g/mol. The predicted molar refractivity (Wildman–Crippen MR) is 43.0 cm³/mol. The predicted octanol–water partition coefficient (Wildman–Crippen LogP) is -0.0563. The fraction of sp³-hybridized carbons (Fsp3) is 0.375. The number of aromatic nitrogens is 1. The normalized spacial score (nSPS) is 12.9. The molecule has 0 fully saturated rings. The molecule has 0 saturated heterocycles. The molecule has 0 saturated carbocycles. The first-order chi connectivity index (χ1) is 5.33. The Morgan fingerprint density at radius 1 is 1.64 bits per heavy atom. The van der Waals surface area contributed by atoms with Crippen molar-refractivity contribution in [2.24, 2.45) is 5.73 Å². The van der Waals surface area contributed by atoms with E-state index in [1.165, 1.54) is 0 Å². The number of hydrogen-bond acceptors (Lipinski definition) is 3. The molecule has 0 aliphatic rings. The van der Waals surface area contributed by atoms with Crippen molar-refractivity contribution in [3.8, 4) is 0 Å². The number of nitrogens with zero attached hydrogens (tertiary/aromatic N) is 1. The van der Waals surface area contributed by atoms with Crippen LogP contribution in [-0.2, 0) is 6.42 Å². The van der Waals surface area contributed by atoms with E-state index in [0.29, 0.717) is 13.0 Å². The Balaban J connectivity index is 2.51. The summed E-state index contributed by atoms with van der Waals surface area (Å²) in [5, 5.41) is 9.16. The van der Waals surface area contributed by atoms with Crippen molar-refractivity contribution < 1.29 is 5.11 Å². The van der Waals surface area contributed by atoms with Gasteiger partial charge < -0.3 is 10.8 Å². The molecule has 1 heterocycles. The first kappa shape index (κ1) is 8.17. The molecule has 1 rings (SSSR count). The number of aliphatic hydroxyl groups excluding tert-OH is 1. The summed E-state index contributed by atoms with van der Waals surface area (Å²) < 4.78 is 0. The molecule has 0 radical (unpaired) electrons. The molecule has 0 amide bonds. The summed E-state index contributed by atoms with van der Waals surface area (Å²) in [5.74, 6) is 0. The van der Waals surface area contributed by atoms with Crippen molar-refractivity contribution >= 4 is 0 Å². The fourth-order valence-electron chi connectivity index (χ4n) is 0.874. The van der Waals surface area contributed by atoms with Crippen molar-refractivity contribution in [3.63, 3.8) is 0 Å². The van der Waals surface area contributed by atoms with Crippen molar-refractivity contribution in [1.82, 2.24) is 4.98 Å². The average Bonchev–Trinajstić information content (AvgIpc) is 2.06. The molecule has 3 N–H and O–H groups in total. The summed E-state index contributed by atoms with van der Waals surface area (Å²) >= 11 is 0. The Labute approximate surface area is 65.9 Å². The first-order valence-electron chi connectivity index (χ1n) is 3.60. The lowest BCUT2D eigenvalue weighted by atomic mass is 10.1. The minimum absolute atomic E-state index is 0.300. The Bertz CT molecular complexity index is 201. The molecular weight excluding hydrogens is 140 g/mol. The third-order valence-electron chi connectivity index (χ3n) is 1.47. The highest BCUT2D eigenvalue weighted by molar-refractivity contribution is 5.09. The quantitative estimate of drug-likeness (QED) is 0.638. The second-order valence-electron chi connectivity index (χ2n) is 2.45. The molecule has 3 nitrogen and oxygen atoms in total. The van der Waals surface area contributed by atoms with Crippen LogP contribution in [0.25, 0.3) is 0 Å².